The van der Waals surface area contributed by atoms with E-state index in [4.69, 9.17) is 9.47 Å². The second-order valence-electron chi connectivity index (χ2n) is 6.90. The number of benzene rings is 3. The average Bonchev–Trinajstić information content (AvgIpc) is 2.86. The minimum Gasteiger partial charge on any atom is -0.497 e. The van der Waals surface area contributed by atoms with Crippen LogP contribution in [0.1, 0.15) is 5.56 Å². The molecule has 2 N–H and O–H groups in total. The Kier molecular flexibility index (Phi) is 7.57. The predicted octanol–water partition coefficient (Wildman–Crippen LogP) is 3.19. The smallest absolute Gasteiger partial charge is 0.264 e. The first-order chi connectivity index (χ1) is 15.8. The summed E-state index contributed by atoms with van der Waals surface area (Å²) in [5.74, 6) is 0.689. The molecule has 0 aliphatic heterocycles. The number of hydrazine groups is 1. The molecule has 1 amide bonds. The Balaban J connectivity index is 1.77. The van der Waals surface area contributed by atoms with Crippen LogP contribution >= 0.6 is 0 Å². The van der Waals surface area contributed by atoms with Crippen molar-refractivity contribution in [2.45, 2.75) is 4.90 Å². The van der Waals surface area contributed by atoms with Gasteiger partial charge < -0.3 is 9.47 Å². The summed E-state index contributed by atoms with van der Waals surface area (Å²) >= 11 is 0. The summed E-state index contributed by atoms with van der Waals surface area (Å²) in [5.41, 5.74) is 6.73. The van der Waals surface area contributed by atoms with Gasteiger partial charge in [-0.15, -0.1) is 0 Å². The van der Waals surface area contributed by atoms with E-state index in [2.05, 4.69) is 17.4 Å². The summed E-state index contributed by atoms with van der Waals surface area (Å²) in [6, 6.07) is 21.4. The van der Waals surface area contributed by atoms with E-state index in [1.54, 1.807) is 73.8 Å². The SMILES string of the molecule is C=C(NNC(=O)CN(c1ccc(OC)cc1)S(=O)(=O)c1ccccc1)c1ccc(OC)cc1. The van der Waals surface area contributed by atoms with E-state index in [1.165, 1.54) is 19.2 Å². The van der Waals surface area contributed by atoms with Crippen molar-refractivity contribution in [3.63, 3.8) is 0 Å². The zero-order chi connectivity index (χ0) is 23.8. The molecule has 0 spiro atoms. The van der Waals surface area contributed by atoms with Crippen molar-refractivity contribution < 1.29 is 22.7 Å². The van der Waals surface area contributed by atoms with E-state index in [9.17, 15) is 13.2 Å². The van der Waals surface area contributed by atoms with Crippen LogP contribution in [0.25, 0.3) is 5.70 Å². The van der Waals surface area contributed by atoms with Gasteiger partial charge in [-0.05, 0) is 66.2 Å². The van der Waals surface area contributed by atoms with Crippen LogP contribution in [-0.2, 0) is 14.8 Å². The van der Waals surface area contributed by atoms with Gasteiger partial charge in [0.05, 0.1) is 30.5 Å². The molecule has 0 heterocycles. The third-order valence-electron chi connectivity index (χ3n) is 4.77. The lowest BCUT2D eigenvalue weighted by Gasteiger charge is -2.24. The number of methoxy groups -OCH3 is 2. The summed E-state index contributed by atoms with van der Waals surface area (Å²) in [6.45, 7) is 3.44. The number of amides is 1. The van der Waals surface area contributed by atoms with Crippen molar-refractivity contribution in [3.05, 3.63) is 91.0 Å². The Bertz CT molecular complexity index is 1200. The molecule has 172 valence electrons. The van der Waals surface area contributed by atoms with Gasteiger partial charge >= 0.3 is 0 Å². The maximum absolute atomic E-state index is 13.3. The number of hydrogen-bond donors (Lipinski definition) is 2. The highest BCUT2D eigenvalue weighted by Gasteiger charge is 2.27. The van der Waals surface area contributed by atoms with Crippen molar-refractivity contribution in [1.29, 1.82) is 0 Å². The minimum absolute atomic E-state index is 0.0734. The highest BCUT2D eigenvalue weighted by molar-refractivity contribution is 7.92. The molecule has 0 atom stereocenters. The number of nitrogens with one attached hydrogen (secondary N) is 2. The molecule has 3 aromatic carbocycles. The Morgan fingerprint density at radius 3 is 1.94 bits per heavy atom. The Labute approximate surface area is 193 Å². The van der Waals surface area contributed by atoms with Crippen LogP contribution in [-0.4, -0.2) is 35.1 Å². The third kappa shape index (κ3) is 5.83. The molecule has 0 fully saturated rings. The van der Waals surface area contributed by atoms with Gasteiger partial charge in [-0.25, -0.2) is 8.42 Å². The van der Waals surface area contributed by atoms with E-state index in [0.29, 0.717) is 22.9 Å². The number of carbonyl (C=O) groups excluding carboxylic acids is 1. The van der Waals surface area contributed by atoms with Gasteiger partial charge in [0.25, 0.3) is 15.9 Å². The van der Waals surface area contributed by atoms with Crippen molar-refractivity contribution in [3.8, 4) is 11.5 Å². The van der Waals surface area contributed by atoms with Crippen LogP contribution < -0.4 is 24.6 Å². The first-order valence-electron chi connectivity index (χ1n) is 9.95. The molecule has 3 aromatic rings. The number of carbonyl (C=O) groups is 1. The van der Waals surface area contributed by atoms with E-state index in [1.807, 2.05) is 0 Å². The number of ether oxygens (including phenoxy) is 2. The topological polar surface area (TPSA) is 97.0 Å². The third-order valence-corrected chi connectivity index (χ3v) is 6.56. The van der Waals surface area contributed by atoms with Gasteiger partial charge in [0, 0.05) is 0 Å². The van der Waals surface area contributed by atoms with Crippen LogP contribution in [0, 0.1) is 0 Å². The molecule has 0 saturated carbocycles. The predicted molar refractivity (Wildman–Crippen MR) is 127 cm³/mol. The fourth-order valence-electron chi connectivity index (χ4n) is 2.96. The summed E-state index contributed by atoms with van der Waals surface area (Å²) in [5, 5.41) is 0. The van der Waals surface area contributed by atoms with E-state index >= 15 is 0 Å². The highest BCUT2D eigenvalue weighted by atomic mass is 32.2. The van der Waals surface area contributed by atoms with Crippen molar-refractivity contribution in [2.24, 2.45) is 0 Å². The molecule has 33 heavy (non-hydrogen) atoms. The lowest BCUT2D eigenvalue weighted by molar-refractivity contribution is -0.120. The van der Waals surface area contributed by atoms with Gasteiger partial charge in [-0.2, -0.15) is 0 Å². The van der Waals surface area contributed by atoms with Gasteiger partial charge in [0.1, 0.15) is 18.0 Å². The van der Waals surface area contributed by atoms with Crippen molar-refractivity contribution in [1.82, 2.24) is 10.9 Å². The Hall–Kier alpha value is -3.98. The van der Waals surface area contributed by atoms with Gasteiger partial charge in [0.2, 0.25) is 0 Å². The van der Waals surface area contributed by atoms with Gasteiger partial charge in [-0.1, -0.05) is 24.8 Å². The van der Waals surface area contributed by atoms with Crippen molar-refractivity contribution >= 4 is 27.3 Å². The number of sulfonamides is 1. The average molecular weight is 468 g/mol. The molecule has 0 unspecified atom stereocenters. The molecule has 0 aliphatic carbocycles. The molecule has 0 aromatic heterocycles. The second kappa shape index (κ2) is 10.6. The van der Waals surface area contributed by atoms with Crippen LogP contribution in [0.3, 0.4) is 0 Å². The van der Waals surface area contributed by atoms with Gasteiger partial charge in [0.15, 0.2) is 0 Å². The summed E-state index contributed by atoms with van der Waals surface area (Å²) in [4.78, 5) is 12.8. The van der Waals surface area contributed by atoms with Crippen LogP contribution in [0.2, 0.25) is 0 Å². The molecule has 0 saturated heterocycles. The number of hydrogen-bond acceptors (Lipinski definition) is 6. The van der Waals surface area contributed by atoms with Crippen LogP contribution in [0.4, 0.5) is 5.69 Å². The fraction of sp³-hybridized carbons (Fsp3) is 0.125. The largest absolute Gasteiger partial charge is 0.497 e. The summed E-state index contributed by atoms with van der Waals surface area (Å²) < 4.78 is 37.9. The second-order valence-corrected chi connectivity index (χ2v) is 8.77. The van der Waals surface area contributed by atoms with E-state index < -0.39 is 22.5 Å². The first-order valence-corrected chi connectivity index (χ1v) is 11.4. The molecule has 0 radical (unpaired) electrons. The maximum atomic E-state index is 13.3. The van der Waals surface area contributed by atoms with Crippen LogP contribution in [0.15, 0.2) is 90.3 Å². The standard InChI is InChI=1S/C24H25N3O5S/c1-18(19-9-13-21(31-2)14-10-19)25-26-24(28)17-27(20-11-15-22(32-3)16-12-20)33(29,30)23-7-5-4-6-8-23/h4-16,25H,1,17H2,2-3H3,(H,26,28). The molecule has 9 heteroatoms. The molecule has 0 aliphatic rings. The number of nitrogens with zero attached hydrogens (tertiary/aromatic N) is 1. The fourth-order valence-corrected chi connectivity index (χ4v) is 4.40. The lowest BCUT2D eigenvalue weighted by Crippen LogP contribution is -2.45. The zero-order valence-electron chi connectivity index (χ0n) is 18.3. The molecule has 3 rings (SSSR count). The van der Waals surface area contributed by atoms with Crippen LogP contribution in [0.5, 0.6) is 11.5 Å². The highest BCUT2D eigenvalue weighted by Crippen LogP contribution is 2.25. The van der Waals surface area contributed by atoms with Crippen molar-refractivity contribution in [2.75, 3.05) is 25.1 Å². The summed E-state index contributed by atoms with van der Waals surface area (Å²) in [6.07, 6.45) is 0. The molecular formula is C24H25N3O5S. The molecular weight excluding hydrogens is 442 g/mol. The monoisotopic (exact) mass is 467 g/mol. The Morgan fingerprint density at radius 2 is 1.39 bits per heavy atom. The Morgan fingerprint density at radius 1 is 0.848 bits per heavy atom. The normalized spacial score (nSPS) is 10.7. The van der Waals surface area contributed by atoms with E-state index in [0.717, 1.165) is 9.87 Å². The maximum Gasteiger partial charge on any atom is 0.264 e. The molecule has 8 nitrogen and oxygen atoms in total. The first kappa shape index (κ1) is 23.7. The quantitative estimate of drug-likeness (QED) is 0.445. The molecule has 0 bridgehead atoms. The van der Waals surface area contributed by atoms with Gasteiger partial charge in [-0.3, -0.25) is 20.0 Å². The van der Waals surface area contributed by atoms with E-state index in [-0.39, 0.29) is 4.90 Å². The number of rotatable bonds is 10. The zero-order valence-corrected chi connectivity index (χ0v) is 19.1. The lowest BCUT2D eigenvalue weighted by atomic mass is 10.2. The number of anilines is 1. The minimum atomic E-state index is -4.00. The summed E-state index contributed by atoms with van der Waals surface area (Å²) in [7, 11) is -0.914.